The van der Waals surface area contributed by atoms with Crippen LogP contribution in [0.3, 0.4) is 0 Å². The molecule has 6 heterocycles. The molecule has 6 heteroatoms. The fraction of sp³-hybridized carbons (Fsp3) is 0. The van der Waals surface area contributed by atoms with Crippen LogP contribution in [0.1, 0.15) is 0 Å². The van der Waals surface area contributed by atoms with E-state index >= 15 is 0 Å². The number of para-hydroxylation sites is 7. The topological polar surface area (TPSA) is 29.6 Å². The summed E-state index contributed by atoms with van der Waals surface area (Å²) in [5.74, 6) is 0. The molecule has 0 unspecified atom stereocenters. The molecule has 0 radical (unpaired) electrons. The van der Waals surface area contributed by atoms with Crippen LogP contribution < -0.4 is 0 Å². The Morgan fingerprint density at radius 2 is 0.306 bits per heavy atom. The van der Waals surface area contributed by atoms with Crippen LogP contribution in [0, 0.1) is 0 Å². The molecule has 0 aliphatic heterocycles. The minimum Gasteiger partial charge on any atom is -0.309 e. The molecule has 672 valence electrons. The number of hydrogen-bond donors (Lipinski definition) is 0. The molecule has 6 nitrogen and oxygen atoms in total. The van der Waals surface area contributed by atoms with Gasteiger partial charge in [-0.15, -0.1) is 0 Å². The molecule has 0 saturated heterocycles. The van der Waals surface area contributed by atoms with Gasteiger partial charge in [-0.1, -0.05) is 388 Å². The second kappa shape index (κ2) is 34.5. The maximum atomic E-state index is 2.43. The van der Waals surface area contributed by atoms with Crippen molar-refractivity contribution in [2.45, 2.75) is 0 Å². The Balaban J connectivity index is 0.000000105. The number of nitrogens with zero attached hydrogens (tertiary/aromatic N) is 6. The molecule has 0 N–H and O–H groups in total. The Hall–Kier alpha value is -19.1. The first-order valence-electron chi connectivity index (χ1n) is 49.6. The highest BCUT2D eigenvalue weighted by Gasteiger charge is 2.25. The number of rotatable bonds is 12. The number of aromatic nitrogens is 6. The summed E-state index contributed by atoms with van der Waals surface area (Å²) in [6.07, 6.45) is 0. The standard InChI is InChI=1S/3C46H30N2/c1-2-13-31(14-3-1)35-18-6-9-21-41(35)47-43-22-10-7-19-37(43)39-29-33(25-27-45(39)47)34-26-28-46-40(30-34)38-20-8-11-23-44(38)48(46)42-24-12-16-32-15-4-5-17-36(32)42;1-2-12-31(13-3-1)33-16-10-17-36(28-33)47-43-21-8-6-19-38(43)40-29-34(24-26-45(40)47)35-25-27-46-41(30-35)39-20-7-9-22-44(39)48(46)42-23-11-15-32-14-4-5-18-37(32)42;1-2-11-31(12-3-1)32-21-25-36(26-22-32)47-43-18-8-6-16-38(43)40-29-34(23-27-45(40)47)35-24-28-46-41(30-35)39-17-7-9-19-44(39)48(46)42-20-10-14-33-13-4-5-15-37(33)42/h3*1-30H. The summed E-state index contributed by atoms with van der Waals surface area (Å²) in [5.41, 5.74) is 36.3. The first-order valence-corrected chi connectivity index (χ1v) is 49.6. The Bertz CT molecular complexity index is 10300. The van der Waals surface area contributed by atoms with E-state index in [9.17, 15) is 0 Å². The highest BCUT2D eigenvalue weighted by Crippen LogP contribution is 2.47. The molecule has 0 bridgehead atoms. The lowest BCUT2D eigenvalue weighted by atomic mass is 10.0. The molecule has 0 fully saturated rings. The van der Waals surface area contributed by atoms with Crippen molar-refractivity contribution in [2.75, 3.05) is 0 Å². The normalized spacial score (nSPS) is 11.8. The third-order valence-electron chi connectivity index (χ3n) is 29.7. The smallest absolute Gasteiger partial charge is 0.0541 e. The summed E-state index contributed by atoms with van der Waals surface area (Å²) in [6, 6.07) is 199. The van der Waals surface area contributed by atoms with E-state index in [1.165, 1.54) is 253 Å². The van der Waals surface area contributed by atoms with Crippen LogP contribution in [0.25, 0.3) is 264 Å². The van der Waals surface area contributed by atoms with Crippen molar-refractivity contribution >= 4 is 163 Å². The van der Waals surface area contributed by atoms with Crippen molar-refractivity contribution in [3.63, 3.8) is 0 Å². The van der Waals surface area contributed by atoms with Crippen molar-refractivity contribution in [2.24, 2.45) is 0 Å². The molecule has 0 aliphatic rings. The lowest BCUT2D eigenvalue weighted by Crippen LogP contribution is -1.97. The fourth-order valence-electron chi connectivity index (χ4n) is 23.1. The zero-order valence-corrected chi connectivity index (χ0v) is 78.6. The highest BCUT2D eigenvalue weighted by molar-refractivity contribution is 6.19. The summed E-state index contributed by atoms with van der Waals surface area (Å²) in [4.78, 5) is 0. The fourth-order valence-corrected chi connectivity index (χ4v) is 23.1. The molecular formula is C138H90N6. The van der Waals surface area contributed by atoms with Gasteiger partial charge in [-0.05, 0) is 235 Å². The molecule has 0 atom stereocenters. The maximum absolute atomic E-state index is 2.43. The molecule has 0 aliphatic carbocycles. The molecule has 0 saturated carbocycles. The van der Waals surface area contributed by atoms with Crippen molar-refractivity contribution in [3.05, 3.63) is 546 Å². The van der Waals surface area contributed by atoms with Gasteiger partial charge >= 0.3 is 0 Å². The van der Waals surface area contributed by atoms with Gasteiger partial charge in [0.2, 0.25) is 0 Å². The van der Waals surface area contributed by atoms with Gasteiger partial charge in [0.05, 0.1) is 88.9 Å². The summed E-state index contributed by atoms with van der Waals surface area (Å²) >= 11 is 0. The molecule has 30 rings (SSSR count). The van der Waals surface area contributed by atoms with Crippen LogP contribution >= 0.6 is 0 Å². The van der Waals surface area contributed by atoms with Crippen LogP contribution in [-0.2, 0) is 0 Å². The van der Waals surface area contributed by atoms with E-state index < -0.39 is 0 Å². The van der Waals surface area contributed by atoms with Crippen molar-refractivity contribution < 1.29 is 0 Å². The van der Waals surface area contributed by atoms with Gasteiger partial charge in [0.25, 0.3) is 0 Å². The van der Waals surface area contributed by atoms with Crippen molar-refractivity contribution in [1.29, 1.82) is 0 Å². The van der Waals surface area contributed by atoms with Crippen LogP contribution in [0.5, 0.6) is 0 Å². The van der Waals surface area contributed by atoms with Crippen molar-refractivity contribution in [1.82, 2.24) is 27.4 Å². The summed E-state index contributed by atoms with van der Waals surface area (Å²) in [7, 11) is 0. The molecular weight excluding hydrogens is 1740 g/mol. The average molecular weight is 1830 g/mol. The van der Waals surface area contributed by atoms with E-state index in [2.05, 4.69) is 573 Å². The maximum Gasteiger partial charge on any atom is 0.0541 e. The first-order chi connectivity index (χ1) is 71.5. The highest BCUT2D eigenvalue weighted by atomic mass is 15.0. The van der Waals surface area contributed by atoms with Gasteiger partial charge in [-0.25, -0.2) is 0 Å². The van der Waals surface area contributed by atoms with Gasteiger partial charge < -0.3 is 27.4 Å². The Morgan fingerprint density at radius 1 is 0.0972 bits per heavy atom. The summed E-state index contributed by atoms with van der Waals surface area (Å²) in [6.45, 7) is 0. The zero-order chi connectivity index (χ0) is 94.8. The van der Waals surface area contributed by atoms with E-state index in [0.717, 1.165) is 11.4 Å². The monoisotopic (exact) mass is 1830 g/mol. The van der Waals surface area contributed by atoms with Gasteiger partial charge in [0.1, 0.15) is 0 Å². The molecule has 144 heavy (non-hydrogen) atoms. The largest absolute Gasteiger partial charge is 0.309 e. The Morgan fingerprint density at radius 3 is 0.653 bits per heavy atom. The molecule has 24 aromatic carbocycles. The molecule has 30 aromatic rings. The van der Waals surface area contributed by atoms with Crippen LogP contribution in [0.2, 0.25) is 0 Å². The van der Waals surface area contributed by atoms with E-state index in [0.29, 0.717) is 0 Å². The number of fused-ring (bicyclic) bond motifs is 21. The number of hydrogen-bond acceptors (Lipinski definition) is 0. The Kier molecular flexibility index (Phi) is 19.9. The van der Waals surface area contributed by atoms with E-state index in [1.807, 2.05) is 0 Å². The van der Waals surface area contributed by atoms with Crippen LogP contribution in [0.4, 0.5) is 0 Å². The van der Waals surface area contributed by atoms with Gasteiger partial charge in [-0.3, -0.25) is 0 Å². The second-order valence-corrected chi connectivity index (χ2v) is 37.7. The minimum atomic E-state index is 1.16. The lowest BCUT2D eigenvalue weighted by molar-refractivity contribution is 1.18. The first kappa shape index (κ1) is 83.1. The quantitative estimate of drug-likeness (QED) is 0.117. The second-order valence-electron chi connectivity index (χ2n) is 37.7. The van der Waals surface area contributed by atoms with E-state index in [1.54, 1.807) is 0 Å². The van der Waals surface area contributed by atoms with E-state index in [4.69, 9.17) is 0 Å². The van der Waals surface area contributed by atoms with Gasteiger partial charge in [0, 0.05) is 97.7 Å². The van der Waals surface area contributed by atoms with Gasteiger partial charge in [0.15, 0.2) is 0 Å². The molecule has 0 amide bonds. The van der Waals surface area contributed by atoms with Gasteiger partial charge in [-0.2, -0.15) is 0 Å². The lowest BCUT2D eigenvalue weighted by Gasteiger charge is -2.14. The molecule has 0 spiro atoms. The predicted molar refractivity (Wildman–Crippen MR) is 610 cm³/mol. The molecule has 6 aromatic heterocycles. The summed E-state index contributed by atoms with van der Waals surface area (Å²) < 4.78 is 14.5. The van der Waals surface area contributed by atoms with Crippen molar-refractivity contribution in [3.8, 4) is 101 Å². The Labute approximate surface area is 831 Å². The zero-order valence-electron chi connectivity index (χ0n) is 78.6. The van der Waals surface area contributed by atoms with E-state index in [-0.39, 0.29) is 0 Å². The predicted octanol–water partition coefficient (Wildman–Crippen LogP) is 37.1. The third kappa shape index (κ3) is 13.9. The average Bonchev–Trinajstić information content (AvgIpc) is 1.58. The minimum absolute atomic E-state index is 1.16. The van der Waals surface area contributed by atoms with Crippen LogP contribution in [-0.4, -0.2) is 27.4 Å². The summed E-state index contributed by atoms with van der Waals surface area (Å²) in [5, 5.41) is 22.6. The SMILES string of the molecule is c1ccc(-c2ccc(-n3c4ccccc4c4cc(-c5ccc6c(c5)c5ccccc5n6-c5cccc6ccccc56)ccc43)cc2)cc1.c1ccc(-c2cccc(-n3c4ccccc4c4cc(-c5ccc6c(c5)c5ccccc5n6-c5cccc6ccccc56)ccc43)c2)cc1.c1ccc(-c2ccccc2-n2c3ccccc3c3cc(-c4ccc5c(c4)c4ccccc4n5-c4cccc5ccccc45)ccc32)cc1. The number of benzene rings is 24. The third-order valence-corrected chi connectivity index (χ3v) is 29.7. The van der Waals surface area contributed by atoms with Crippen LogP contribution in [0.15, 0.2) is 546 Å².